The van der Waals surface area contributed by atoms with E-state index in [-0.39, 0.29) is 0 Å². The first-order valence-electron chi connectivity index (χ1n) is 4.14. The van der Waals surface area contributed by atoms with Crippen LogP contribution in [0.3, 0.4) is 0 Å². The summed E-state index contributed by atoms with van der Waals surface area (Å²) in [7, 11) is 1.86. The van der Waals surface area contributed by atoms with Crippen LogP contribution < -0.4 is 10.6 Å². The highest BCUT2D eigenvalue weighted by atomic mass is 15.2. The van der Waals surface area contributed by atoms with Gasteiger partial charge in [-0.3, -0.25) is 0 Å². The zero-order valence-corrected chi connectivity index (χ0v) is 7.09. The normalized spacial score (nSPS) is 15.4. The number of hydrogen-bond acceptors (Lipinski definition) is 4. The third-order valence-corrected chi connectivity index (χ3v) is 2.08. The summed E-state index contributed by atoms with van der Waals surface area (Å²) in [4.78, 5) is 0. The minimum atomic E-state index is 0.853. The molecule has 1 aromatic heterocycles. The van der Waals surface area contributed by atoms with Crippen molar-refractivity contribution in [1.29, 1.82) is 0 Å². The molecule has 0 aliphatic carbocycles. The zero-order valence-electron chi connectivity index (χ0n) is 7.09. The average molecular weight is 164 g/mol. The van der Waals surface area contributed by atoms with E-state index in [2.05, 4.69) is 26.9 Å². The van der Waals surface area contributed by atoms with E-state index in [0.717, 1.165) is 31.0 Å². The molecule has 0 spiro atoms. The van der Waals surface area contributed by atoms with Crippen LogP contribution in [-0.4, -0.2) is 23.8 Å². The van der Waals surface area contributed by atoms with Crippen molar-refractivity contribution in [2.45, 2.75) is 13.0 Å². The van der Waals surface area contributed by atoms with E-state index in [9.17, 15) is 0 Å². The molecular weight excluding hydrogens is 152 g/mol. The highest BCUT2D eigenvalue weighted by Crippen LogP contribution is 2.12. The minimum absolute atomic E-state index is 0.853. The maximum absolute atomic E-state index is 4.12. The maximum Gasteiger partial charge on any atom is 0.148 e. The maximum atomic E-state index is 4.12. The monoisotopic (exact) mass is 164 g/mol. The first-order chi connectivity index (χ1) is 5.90. The van der Waals surface area contributed by atoms with Gasteiger partial charge in [0.1, 0.15) is 5.82 Å². The van der Waals surface area contributed by atoms with E-state index in [1.165, 1.54) is 5.56 Å². The van der Waals surface area contributed by atoms with Crippen molar-refractivity contribution in [2.75, 3.05) is 18.9 Å². The number of rotatable bonds is 1. The van der Waals surface area contributed by atoms with Crippen LogP contribution in [0.25, 0.3) is 0 Å². The van der Waals surface area contributed by atoms with Gasteiger partial charge in [-0.1, -0.05) is 0 Å². The van der Waals surface area contributed by atoms with Crippen molar-refractivity contribution in [3.63, 3.8) is 0 Å². The number of hydrogen-bond donors (Lipinski definition) is 2. The second-order valence-corrected chi connectivity index (χ2v) is 2.88. The van der Waals surface area contributed by atoms with E-state index in [4.69, 9.17) is 0 Å². The Morgan fingerprint density at radius 1 is 1.50 bits per heavy atom. The molecule has 0 radical (unpaired) electrons. The van der Waals surface area contributed by atoms with Crippen molar-refractivity contribution >= 4 is 5.82 Å². The first kappa shape index (κ1) is 7.49. The minimum Gasteiger partial charge on any atom is -0.372 e. The highest BCUT2D eigenvalue weighted by molar-refractivity contribution is 5.38. The highest BCUT2D eigenvalue weighted by Gasteiger charge is 2.10. The van der Waals surface area contributed by atoms with Gasteiger partial charge in [-0.05, 0) is 24.6 Å². The van der Waals surface area contributed by atoms with Crippen LogP contribution in [0.15, 0.2) is 6.07 Å². The van der Waals surface area contributed by atoms with Crippen LogP contribution in [-0.2, 0) is 13.0 Å². The summed E-state index contributed by atoms with van der Waals surface area (Å²) in [5.41, 5.74) is 2.40. The van der Waals surface area contributed by atoms with Crippen LogP contribution in [0.2, 0.25) is 0 Å². The zero-order chi connectivity index (χ0) is 8.39. The average Bonchev–Trinajstić information content (AvgIpc) is 2.17. The van der Waals surface area contributed by atoms with Gasteiger partial charge in [0.15, 0.2) is 0 Å². The number of aromatic nitrogens is 2. The molecule has 64 valence electrons. The summed E-state index contributed by atoms with van der Waals surface area (Å²) in [6, 6.07) is 2.07. The number of nitrogens with one attached hydrogen (secondary N) is 2. The second-order valence-electron chi connectivity index (χ2n) is 2.88. The van der Waals surface area contributed by atoms with Crippen LogP contribution in [0, 0.1) is 0 Å². The lowest BCUT2D eigenvalue weighted by Crippen LogP contribution is -2.25. The molecule has 1 aromatic rings. The lowest BCUT2D eigenvalue weighted by molar-refractivity contribution is 0.617. The predicted molar refractivity (Wildman–Crippen MR) is 47.0 cm³/mol. The van der Waals surface area contributed by atoms with Gasteiger partial charge < -0.3 is 10.6 Å². The smallest absolute Gasteiger partial charge is 0.148 e. The molecular formula is C8H12N4. The van der Waals surface area contributed by atoms with E-state index in [1.807, 2.05) is 7.05 Å². The van der Waals surface area contributed by atoms with Gasteiger partial charge in [0.25, 0.3) is 0 Å². The summed E-state index contributed by atoms with van der Waals surface area (Å²) < 4.78 is 0. The van der Waals surface area contributed by atoms with E-state index >= 15 is 0 Å². The van der Waals surface area contributed by atoms with Gasteiger partial charge in [-0.15, -0.1) is 5.10 Å². The molecule has 0 fully saturated rings. The number of anilines is 1. The lowest BCUT2D eigenvalue weighted by Gasteiger charge is -2.15. The van der Waals surface area contributed by atoms with Crippen LogP contribution >= 0.6 is 0 Å². The summed E-state index contributed by atoms with van der Waals surface area (Å²) in [6.45, 7) is 1.90. The quantitative estimate of drug-likeness (QED) is 0.621. The Bertz CT molecular complexity index is 284. The van der Waals surface area contributed by atoms with Gasteiger partial charge in [0.05, 0.1) is 5.69 Å². The molecule has 0 atom stereocenters. The third kappa shape index (κ3) is 1.25. The molecule has 0 amide bonds. The molecule has 0 unspecified atom stereocenters. The van der Waals surface area contributed by atoms with E-state index in [0.29, 0.717) is 0 Å². The fourth-order valence-corrected chi connectivity index (χ4v) is 1.37. The van der Waals surface area contributed by atoms with E-state index < -0.39 is 0 Å². The summed E-state index contributed by atoms with van der Waals surface area (Å²) in [6.07, 6.45) is 1.06. The third-order valence-electron chi connectivity index (χ3n) is 2.08. The van der Waals surface area contributed by atoms with Gasteiger partial charge >= 0.3 is 0 Å². The fourth-order valence-electron chi connectivity index (χ4n) is 1.37. The Kier molecular flexibility index (Phi) is 1.91. The Hall–Kier alpha value is -1.16. The molecule has 2 rings (SSSR count). The van der Waals surface area contributed by atoms with Crippen molar-refractivity contribution < 1.29 is 0 Å². The second kappa shape index (κ2) is 3.06. The van der Waals surface area contributed by atoms with Crippen molar-refractivity contribution in [3.05, 3.63) is 17.3 Å². The molecule has 4 nitrogen and oxygen atoms in total. The molecule has 2 N–H and O–H groups in total. The largest absolute Gasteiger partial charge is 0.372 e. The van der Waals surface area contributed by atoms with Crippen molar-refractivity contribution in [1.82, 2.24) is 15.5 Å². The Morgan fingerprint density at radius 3 is 3.25 bits per heavy atom. The number of nitrogens with zero attached hydrogens (tertiary/aromatic N) is 2. The van der Waals surface area contributed by atoms with Gasteiger partial charge in [0.2, 0.25) is 0 Å². The molecule has 0 saturated carbocycles. The van der Waals surface area contributed by atoms with Gasteiger partial charge in [-0.2, -0.15) is 5.10 Å². The molecule has 0 bridgehead atoms. The molecule has 1 aliphatic rings. The van der Waals surface area contributed by atoms with Crippen LogP contribution in [0.5, 0.6) is 0 Å². The van der Waals surface area contributed by atoms with Gasteiger partial charge in [0, 0.05) is 13.6 Å². The Balaban J connectivity index is 2.36. The van der Waals surface area contributed by atoms with Crippen molar-refractivity contribution in [2.24, 2.45) is 0 Å². The first-order valence-corrected chi connectivity index (χ1v) is 4.14. The van der Waals surface area contributed by atoms with Crippen LogP contribution in [0.4, 0.5) is 5.82 Å². The fraction of sp³-hybridized carbons (Fsp3) is 0.500. The number of fused-ring (bicyclic) bond motifs is 1. The molecule has 0 aromatic carbocycles. The van der Waals surface area contributed by atoms with Crippen LogP contribution in [0.1, 0.15) is 11.3 Å². The molecule has 0 saturated heterocycles. The standard InChI is InChI=1S/C8H12N4/c1-9-8-4-6-2-3-10-5-7(6)11-12-8/h4,10H,2-3,5H2,1H3,(H,9,12). The summed E-state index contributed by atoms with van der Waals surface area (Å²) >= 11 is 0. The topological polar surface area (TPSA) is 49.8 Å². The SMILES string of the molecule is CNc1cc2c(nn1)CNCC2. The van der Waals surface area contributed by atoms with Crippen molar-refractivity contribution in [3.8, 4) is 0 Å². The molecule has 2 heterocycles. The summed E-state index contributed by atoms with van der Waals surface area (Å²) in [5.74, 6) is 0.857. The Morgan fingerprint density at radius 2 is 2.42 bits per heavy atom. The van der Waals surface area contributed by atoms with Gasteiger partial charge in [-0.25, -0.2) is 0 Å². The lowest BCUT2D eigenvalue weighted by atomic mass is 10.1. The molecule has 4 heteroatoms. The Labute approximate surface area is 71.4 Å². The summed E-state index contributed by atoms with van der Waals surface area (Å²) in [5, 5.41) is 14.4. The van der Waals surface area contributed by atoms with E-state index in [1.54, 1.807) is 0 Å². The molecule has 12 heavy (non-hydrogen) atoms. The predicted octanol–water partition coefficient (Wildman–Crippen LogP) is 0.164. The molecule has 1 aliphatic heterocycles.